The lowest BCUT2D eigenvalue weighted by molar-refractivity contribution is 0.954. The first-order valence-electron chi connectivity index (χ1n) is 6.82. The molecule has 4 heteroatoms. The molecule has 0 bridgehead atoms. The van der Waals surface area contributed by atoms with E-state index in [1.807, 2.05) is 19.1 Å². The molecule has 3 rings (SSSR count). The van der Waals surface area contributed by atoms with E-state index in [4.69, 9.17) is 0 Å². The van der Waals surface area contributed by atoms with Crippen molar-refractivity contribution in [3.05, 3.63) is 63.9 Å². The Balaban J connectivity index is 2.25. The van der Waals surface area contributed by atoms with Crippen LogP contribution in [0.2, 0.25) is 0 Å². The number of nitrogens with zero attached hydrogens (tertiary/aromatic N) is 3. The molecule has 0 fully saturated rings. The van der Waals surface area contributed by atoms with Gasteiger partial charge in [-0.1, -0.05) is 46.3 Å². The van der Waals surface area contributed by atoms with Crippen molar-refractivity contribution in [3.63, 3.8) is 0 Å². The molecule has 0 spiro atoms. The summed E-state index contributed by atoms with van der Waals surface area (Å²) in [6.45, 7) is 6.22. The highest BCUT2D eigenvalue weighted by atomic mass is 79.9. The Hall–Kier alpha value is -1.94. The molecule has 3 aromatic rings. The van der Waals surface area contributed by atoms with Crippen molar-refractivity contribution < 1.29 is 0 Å². The zero-order chi connectivity index (χ0) is 15.0. The lowest BCUT2D eigenvalue weighted by atomic mass is 10.1. The molecule has 0 N–H and O–H groups in total. The van der Waals surface area contributed by atoms with Gasteiger partial charge in [0.2, 0.25) is 0 Å². The Morgan fingerprint density at radius 3 is 2.10 bits per heavy atom. The Morgan fingerprint density at radius 1 is 0.857 bits per heavy atom. The molecule has 0 radical (unpaired) electrons. The minimum atomic E-state index is 0.873. The van der Waals surface area contributed by atoms with Crippen LogP contribution in [-0.2, 0) is 0 Å². The molecule has 1 aromatic heterocycles. The van der Waals surface area contributed by atoms with Crippen LogP contribution in [0.15, 0.2) is 46.9 Å². The van der Waals surface area contributed by atoms with Crippen molar-refractivity contribution in [2.24, 2.45) is 0 Å². The second-order valence-corrected chi connectivity index (χ2v) is 6.07. The van der Waals surface area contributed by atoms with E-state index in [-0.39, 0.29) is 0 Å². The molecule has 0 aliphatic heterocycles. The molecule has 0 aliphatic rings. The van der Waals surface area contributed by atoms with Crippen LogP contribution in [0.4, 0.5) is 0 Å². The van der Waals surface area contributed by atoms with E-state index in [9.17, 15) is 0 Å². The third-order valence-corrected chi connectivity index (χ3v) is 4.12. The Bertz CT molecular complexity index is 768. The molecule has 21 heavy (non-hydrogen) atoms. The number of hydrogen-bond acceptors (Lipinski definition) is 2. The second-order valence-electron chi connectivity index (χ2n) is 5.15. The number of halogens is 1. The topological polar surface area (TPSA) is 30.7 Å². The zero-order valence-electron chi connectivity index (χ0n) is 12.3. The lowest BCUT2D eigenvalue weighted by Gasteiger charge is -2.14. The average molecular weight is 342 g/mol. The molecule has 0 atom stereocenters. The third-order valence-electron chi connectivity index (χ3n) is 3.59. The highest BCUT2D eigenvalue weighted by Gasteiger charge is 2.15. The summed E-state index contributed by atoms with van der Waals surface area (Å²) >= 11 is 3.47. The predicted octanol–water partition coefficient (Wildman–Crippen LogP) is 4.62. The first-order valence-corrected chi connectivity index (χ1v) is 7.62. The third kappa shape index (κ3) is 2.51. The van der Waals surface area contributed by atoms with Crippen molar-refractivity contribution in [2.75, 3.05) is 0 Å². The molecule has 2 aromatic carbocycles. The molecule has 0 unspecified atom stereocenters. The molecular weight excluding hydrogens is 326 g/mol. The van der Waals surface area contributed by atoms with Crippen molar-refractivity contribution >= 4 is 15.9 Å². The number of benzene rings is 2. The summed E-state index contributed by atoms with van der Waals surface area (Å²) in [6.07, 6.45) is 0. The Kier molecular flexibility index (Phi) is 3.64. The molecule has 1 heterocycles. The van der Waals surface area contributed by atoms with E-state index in [2.05, 4.69) is 74.9 Å². The average Bonchev–Trinajstić information content (AvgIpc) is 2.82. The fourth-order valence-corrected chi connectivity index (χ4v) is 2.84. The predicted molar refractivity (Wildman–Crippen MR) is 88.7 cm³/mol. The van der Waals surface area contributed by atoms with Gasteiger partial charge in [-0.2, -0.15) is 0 Å². The number of rotatable bonds is 2. The van der Waals surface area contributed by atoms with Gasteiger partial charge in [0.25, 0.3) is 0 Å². The highest BCUT2D eigenvalue weighted by Crippen LogP contribution is 2.27. The van der Waals surface area contributed by atoms with E-state index < -0.39 is 0 Å². The monoisotopic (exact) mass is 341 g/mol. The van der Waals surface area contributed by atoms with Gasteiger partial charge in [-0.15, -0.1) is 10.2 Å². The Labute approximate surface area is 132 Å². The maximum atomic E-state index is 4.37. The van der Waals surface area contributed by atoms with Gasteiger partial charge >= 0.3 is 0 Å². The minimum absolute atomic E-state index is 0.873. The van der Waals surface area contributed by atoms with Gasteiger partial charge in [-0.05, 0) is 44.0 Å². The van der Waals surface area contributed by atoms with Crippen LogP contribution in [0.3, 0.4) is 0 Å². The van der Waals surface area contributed by atoms with Crippen molar-refractivity contribution in [1.29, 1.82) is 0 Å². The normalized spacial score (nSPS) is 10.9. The number of hydrogen-bond donors (Lipinski definition) is 0. The maximum absolute atomic E-state index is 4.37. The molecule has 0 saturated heterocycles. The van der Waals surface area contributed by atoms with Gasteiger partial charge in [-0.3, -0.25) is 4.57 Å². The van der Waals surface area contributed by atoms with Gasteiger partial charge in [0.05, 0.1) is 5.69 Å². The summed E-state index contributed by atoms with van der Waals surface area (Å²) in [5.74, 6) is 1.77. The number of aromatic nitrogens is 3. The summed E-state index contributed by atoms with van der Waals surface area (Å²) in [5, 5.41) is 8.65. The smallest absolute Gasteiger partial charge is 0.168 e. The summed E-state index contributed by atoms with van der Waals surface area (Å²) in [7, 11) is 0. The first-order chi connectivity index (χ1) is 10.1. The van der Waals surface area contributed by atoms with Gasteiger partial charge in [0.15, 0.2) is 5.82 Å². The van der Waals surface area contributed by atoms with Crippen molar-refractivity contribution in [3.8, 4) is 17.1 Å². The molecular formula is C17H16BrN3. The van der Waals surface area contributed by atoms with Gasteiger partial charge in [0.1, 0.15) is 5.82 Å². The molecule has 106 valence electrons. The van der Waals surface area contributed by atoms with Crippen LogP contribution in [-0.4, -0.2) is 14.8 Å². The number of aryl methyl sites for hydroxylation is 3. The van der Waals surface area contributed by atoms with Crippen molar-refractivity contribution in [1.82, 2.24) is 14.8 Å². The van der Waals surface area contributed by atoms with E-state index in [1.165, 1.54) is 11.1 Å². The second kappa shape index (κ2) is 5.45. The van der Waals surface area contributed by atoms with Crippen LogP contribution in [0.25, 0.3) is 17.1 Å². The maximum Gasteiger partial charge on any atom is 0.168 e. The van der Waals surface area contributed by atoms with Gasteiger partial charge < -0.3 is 0 Å². The standard InChI is InChI=1S/C17H16BrN3/c1-11-5-4-6-12(2)16(11)21-13(3)19-20-17(21)14-7-9-15(18)10-8-14/h4-10H,1-3H3. The van der Waals surface area contributed by atoms with Gasteiger partial charge in [0, 0.05) is 10.0 Å². The van der Waals surface area contributed by atoms with E-state index in [1.54, 1.807) is 0 Å². The van der Waals surface area contributed by atoms with Crippen molar-refractivity contribution in [2.45, 2.75) is 20.8 Å². The summed E-state index contributed by atoms with van der Waals surface area (Å²) < 4.78 is 3.19. The van der Waals surface area contributed by atoms with Crippen LogP contribution >= 0.6 is 15.9 Å². The van der Waals surface area contributed by atoms with Gasteiger partial charge in [-0.25, -0.2) is 0 Å². The molecule has 0 amide bonds. The summed E-state index contributed by atoms with van der Waals surface area (Å²) in [6, 6.07) is 14.5. The van der Waals surface area contributed by atoms with Crippen LogP contribution in [0, 0.1) is 20.8 Å². The summed E-state index contributed by atoms with van der Waals surface area (Å²) in [5.41, 5.74) is 4.66. The number of para-hydroxylation sites is 1. The van der Waals surface area contributed by atoms with E-state index in [0.29, 0.717) is 0 Å². The summed E-state index contributed by atoms with van der Waals surface area (Å²) in [4.78, 5) is 0. The SMILES string of the molecule is Cc1cccc(C)c1-n1c(C)nnc1-c1ccc(Br)cc1. The molecule has 3 nitrogen and oxygen atoms in total. The minimum Gasteiger partial charge on any atom is -0.279 e. The van der Waals surface area contributed by atoms with Crippen LogP contribution in [0.1, 0.15) is 17.0 Å². The lowest BCUT2D eigenvalue weighted by Crippen LogP contribution is -2.04. The zero-order valence-corrected chi connectivity index (χ0v) is 13.8. The van der Waals surface area contributed by atoms with Crippen LogP contribution < -0.4 is 0 Å². The van der Waals surface area contributed by atoms with E-state index >= 15 is 0 Å². The quantitative estimate of drug-likeness (QED) is 0.680. The van der Waals surface area contributed by atoms with E-state index in [0.717, 1.165) is 27.4 Å². The largest absolute Gasteiger partial charge is 0.279 e. The fourth-order valence-electron chi connectivity index (χ4n) is 2.57. The Morgan fingerprint density at radius 2 is 1.48 bits per heavy atom. The van der Waals surface area contributed by atoms with Crippen LogP contribution in [0.5, 0.6) is 0 Å². The molecule has 0 saturated carbocycles. The fraction of sp³-hybridized carbons (Fsp3) is 0.176. The first kappa shape index (κ1) is 14.0. The highest BCUT2D eigenvalue weighted by molar-refractivity contribution is 9.10. The molecule has 0 aliphatic carbocycles.